The van der Waals surface area contributed by atoms with E-state index in [-0.39, 0.29) is 5.97 Å². The van der Waals surface area contributed by atoms with E-state index in [2.05, 4.69) is 41.5 Å². The second kappa shape index (κ2) is 16.2. The van der Waals surface area contributed by atoms with Crippen LogP contribution in [0.3, 0.4) is 0 Å². The summed E-state index contributed by atoms with van der Waals surface area (Å²) in [5.41, 5.74) is 4.34. The molecule has 7 heteroatoms. The van der Waals surface area contributed by atoms with Crippen LogP contribution in [0.15, 0.2) is 61.2 Å². The van der Waals surface area contributed by atoms with E-state index in [4.69, 9.17) is 14.2 Å². The SMILES string of the molecule is C=CC(=O)OCC1CCC(COC(=O)Nc2ccc(Cc3ccc(NCC4CCC(COC)CC4)cc3)cc2)CC1. The molecule has 0 spiro atoms. The van der Waals surface area contributed by atoms with Gasteiger partial charge in [0.05, 0.1) is 13.2 Å². The van der Waals surface area contributed by atoms with Gasteiger partial charge in [-0.3, -0.25) is 5.32 Å². The second-order valence-electron chi connectivity index (χ2n) is 11.7. The predicted molar refractivity (Wildman–Crippen MR) is 163 cm³/mol. The minimum Gasteiger partial charge on any atom is -0.462 e. The molecule has 4 rings (SSSR count). The fourth-order valence-corrected chi connectivity index (χ4v) is 5.95. The van der Waals surface area contributed by atoms with Gasteiger partial charge in [-0.15, -0.1) is 0 Å². The highest BCUT2D eigenvalue weighted by Gasteiger charge is 2.23. The van der Waals surface area contributed by atoms with E-state index in [1.54, 1.807) is 7.11 Å². The summed E-state index contributed by atoms with van der Waals surface area (Å²) in [7, 11) is 1.80. The Bertz CT molecular complexity index is 1090. The third-order valence-corrected chi connectivity index (χ3v) is 8.57. The highest BCUT2D eigenvalue weighted by Crippen LogP contribution is 2.30. The van der Waals surface area contributed by atoms with Crippen molar-refractivity contribution in [2.24, 2.45) is 23.7 Å². The molecular weight excluding hydrogens is 516 g/mol. The first-order valence-corrected chi connectivity index (χ1v) is 15.1. The molecular formula is C34H46N2O5. The topological polar surface area (TPSA) is 85.9 Å². The summed E-state index contributed by atoms with van der Waals surface area (Å²) in [6.07, 6.45) is 10.6. The zero-order valence-electron chi connectivity index (χ0n) is 24.4. The normalized spacial score (nSPS) is 22.4. The average molecular weight is 563 g/mol. The molecule has 2 fully saturated rings. The average Bonchev–Trinajstić information content (AvgIpc) is 3.01. The third kappa shape index (κ3) is 10.5. The molecule has 2 saturated carbocycles. The van der Waals surface area contributed by atoms with Crippen LogP contribution < -0.4 is 10.6 Å². The standard InChI is InChI=1S/C34H46N2O5/c1-3-33(37)40-23-29-8-10-30(11-9-29)24-41-34(38)36-32-18-14-26(15-19-32)20-25-12-16-31(17-13-25)35-21-27-4-6-28(7-5-27)22-39-2/h3,12-19,27-30,35H,1,4-11,20-24H2,2H3,(H,36,38). The Hall–Kier alpha value is -3.32. The number of hydrogen-bond acceptors (Lipinski definition) is 6. The zero-order chi connectivity index (χ0) is 28.9. The van der Waals surface area contributed by atoms with Gasteiger partial charge in [0.1, 0.15) is 0 Å². The Morgan fingerprint density at radius 3 is 1.76 bits per heavy atom. The Kier molecular flexibility index (Phi) is 12.1. The molecule has 1 amide bonds. The van der Waals surface area contributed by atoms with Crippen molar-refractivity contribution >= 4 is 23.4 Å². The quantitative estimate of drug-likeness (QED) is 0.198. The number of ether oxygens (including phenoxy) is 3. The van der Waals surface area contributed by atoms with E-state index in [9.17, 15) is 9.59 Å². The molecule has 0 saturated heterocycles. The van der Waals surface area contributed by atoms with E-state index < -0.39 is 6.09 Å². The van der Waals surface area contributed by atoms with Gasteiger partial charge in [0.15, 0.2) is 0 Å². The smallest absolute Gasteiger partial charge is 0.411 e. The molecule has 0 unspecified atom stereocenters. The number of benzene rings is 2. The van der Waals surface area contributed by atoms with E-state index in [1.165, 1.54) is 48.6 Å². The molecule has 2 aliphatic rings. The van der Waals surface area contributed by atoms with Gasteiger partial charge in [-0.2, -0.15) is 0 Å². The first kappa shape index (κ1) is 30.6. The number of carbonyl (C=O) groups is 2. The molecule has 7 nitrogen and oxygen atoms in total. The lowest BCUT2D eigenvalue weighted by Gasteiger charge is -2.28. The van der Waals surface area contributed by atoms with Crippen molar-refractivity contribution in [2.75, 3.05) is 44.1 Å². The van der Waals surface area contributed by atoms with E-state index >= 15 is 0 Å². The number of anilines is 2. The fourth-order valence-electron chi connectivity index (χ4n) is 5.95. The predicted octanol–water partition coefficient (Wildman–Crippen LogP) is 7.23. The van der Waals surface area contributed by atoms with Crippen molar-refractivity contribution < 1.29 is 23.8 Å². The first-order valence-electron chi connectivity index (χ1n) is 15.1. The monoisotopic (exact) mass is 562 g/mol. The van der Waals surface area contributed by atoms with Gasteiger partial charge >= 0.3 is 12.1 Å². The number of rotatable bonds is 13. The zero-order valence-corrected chi connectivity index (χ0v) is 24.4. The number of amides is 1. The van der Waals surface area contributed by atoms with Gasteiger partial charge in [0.2, 0.25) is 0 Å². The minimum absolute atomic E-state index is 0.345. The summed E-state index contributed by atoms with van der Waals surface area (Å²) in [6, 6.07) is 16.6. The summed E-state index contributed by atoms with van der Waals surface area (Å²) < 4.78 is 16.0. The maximum absolute atomic E-state index is 12.3. The van der Waals surface area contributed by atoms with Crippen LogP contribution in [0.5, 0.6) is 0 Å². The molecule has 0 heterocycles. The van der Waals surface area contributed by atoms with Crippen LogP contribution in [0.25, 0.3) is 0 Å². The van der Waals surface area contributed by atoms with Gasteiger partial charge in [-0.25, -0.2) is 9.59 Å². The van der Waals surface area contributed by atoms with Crippen LogP contribution >= 0.6 is 0 Å². The number of nitrogens with one attached hydrogen (secondary N) is 2. The van der Waals surface area contributed by atoms with Crippen molar-refractivity contribution in [2.45, 2.75) is 57.8 Å². The third-order valence-electron chi connectivity index (χ3n) is 8.57. The Morgan fingerprint density at radius 1 is 0.732 bits per heavy atom. The van der Waals surface area contributed by atoms with E-state index in [1.807, 2.05) is 24.3 Å². The highest BCUT2D eigenvalue weighted by atomic mass is 16.5. The van der Waals surface area contributed by atoms with Gasteiger partial charge < -0.3 is 19.5 Å². The maximum atomic E-state index is 12.3. The summed E-state index contributed by atoms with van der Waals surface area (Å²) in [5, 5.41) is 6.45. The van der Waals surface area contributed by atoms with Crippen molar-refractivity contribution in [3.05, 3.63) is 72.3 Å². The summed E-state index contributed by atoms with van der Waals surface area (Å²) >= 11 is 0. The fraction of sp³-hybridized carbons (Fsp3) is 0.529. The van der Waals surface area contributed by atoms with Crippen LogP contribution in [0.2, 0.25) is 0 Å². The molecule has 2 aromatic carbocycles. The molecule has 222 valence electrons. The minimum atomic E-state index is -0.425. The van der Waals surface area contributed by atoms with Crippen LogP contribution in [-0.4, -0.2) is 45.5 Å². The Balaban J connectivity index is 1.11. The molecule has 41 heavy (non-hydrogen) atoms. The summed E-state index contributed by atoms with van der Waals surface area (Å²) in [6.45, 7) is 6.20. The highest BCUT2D eigenvalue weighted by molar-refractivity contribution is 5.84. The van der Waals surface area contributed by atoms with Crippen LogP contribution in [0.1, 0.15) is 62.5 Å². The van der Waals surface area contributed by atoms with Crippen LogP contribution in [0, 0.1) is 23.7 Å². The first-order chi connectivity index (χ1) is 20.0. The molecule has 2 aliphatic carbocycles. The molecule has 2 N–H and O–H groups in total. The van der Waals surface area contributed by atoms with Crippen LogP contribution in [-0.2, 0) is 25.4 Å². The van der Waals surface area contributed by atoms with E-state index in [0.29, 0.717) is 25.0 Å². The molecule has 0 aromatic heterocycles. The van der Waals surface area contributed by atoms with Crippen molar-refractivity contribution in [1.29, 1.82) is 0 Å². The van der Waals surface area contributed by atoms with Gasteiger partial charge in [0.25, 0.3) is 0 Å². The molecule has 0 aliphatic heterocycles. The number of methoxy groups -OCH3 is 1. The summed E-state index contributed by atoms with van der Waals surface area (Å²) in [4.78, 5) is 23.6. The summed E-state index contributed by atoms with van der Waals surface area (Å²) in [5.74, 6) is 1.83. The van der Waals surface area contributed by atoms with Crippen molar-refractivity contribution in [3.8, 4) is 0 Å². The lowest BCUT2D eigenvalue weighted by molar-refractivity contribution is -0.139. The molecule has 0 bridgehead atoms. The van der Waals surface area contributed by atoms with Gasteiger partial charge in [0, 0.05) is 37.7 Å². The lowest BCUT2D eigenvalue weighted by atomic mass is 9.82. The maximum Gasteiger partial charge on any atom is 0.411 e. The molecule has 0 atom stereocenters. The van der Waals surface area contributed by atoms with Crippen molar-refractivity contribution in [3.63, 3.8) is 0 Å². The number of carbonyl (C=O) groups excluding carboxylic acids is 2. The van der Waals surface area contributed by atoms with E-state index in [0.717, 1.165) is 62.8 Å². The van der Waals surface area contributed by atoms with Gasteiger partial charge in [-0.05, 0) is 117 Å². The van der Waals surface area contributed by atoms with Crippen molar-refractivity contribution in [1.82, 2.24) is 0 Å². The molecule has 2 aromatic rings. The largest absolute Gasteiger partial charge is 0.462 e. The lowest BCUT2D eigenvalue weighted by Crippen LogP contribution is -2.24. The number of esters is 1. The number of hydrogen-bond donors (Lipinski definition) is 2. The Morgan fingerprint density at radius 2 is 1.22 bits per heavy atom. The van der Waals surface area contributed by atoms with Gasteiger partial charge in [-0.1, -0.05) is 30.8 Å². The second-order valence-corrected chi connectivity index (χ2v) is 11.7. The Labute approximate surface area is 245 Å². The molecule has 0 radical (unpaired) electrons. The van der Waals surface area contributed by atoms with Crippen LogP contribution in [0.4, 0.5) is 16.2 Å².